The Morgan fingerprint density at radius 1 is 1.09 bits per heavy atom. The van der Waals surface area contributed by atoms with Crippen molar-refractivity contribution in [3.8, 4) is 0 Å². The van der Waals surface area contributed by atoms with Crippen molar-refractivity contribution in [1.29, 1.82) is 0 Å². The first-order valence-corrected chi connectivity index (χ1v) is 13.9. The lowest BCUT2D eigenvalue weighted by molar-refractivity contribution is 0.300. The molecule has 0 bridgehead atoms. The minimum absolute atomic E-state index is 0.0769. The predicted octanol–water partition coefficient (Wildman–Crippen LogP) is 1.74. The first kappa shape index (κ1) is 22.0. The van der Waals surface area contributed by atoms with E-state index in [1.165, 1.54) is 24.5 Å². The van der Waals surface area contributed by atoms with Crippen LogP contribution in [0, 0.1) is 5.92 Å². The number of hydrogen-bond donors (Lipinski definition) is 3. The van der Waals surface area contributed by atoms with Gasteiger partial charge in [0.25, 0.3) is 10.0 Å². The van der Waals surface area contributed by atoms with Gasteiger partial charge in [0.1, 0.15) is 11.3 Å². The lowest BCUT2D eigenvalue weighted by atomic mass is 9.90. The van der Waals surface area contributed by atoms with E-state index in [0.29, 0.717) is 22.2 Å². The van der Waals surface area contributed by atoms with Crippen LogP contribution in [-0.2, 0) is 20.0 Å². The fourth-order valence-electron chi connectivity index (χ4n) is 4.38. The molecule has 0 radical (unpaired) electrons. The number of pyridine rings is 1. The summed E-state index contributed by atoms with van der Waals surface area (Å²) in [7, 11) is -7.30. The molecule has 0 amide bonds. The molecule has 1 aromatic carbocycles. The highest BCUT2D eigenvalue weighted by Crippen LogP contribution is 2.32. The van der Waals surface area contributed by atoms with E-state index in [4.69, 9.17) is 4.98 Å². The monoisotopic (exact) mass is 488 g/mol. The number of hydrogen-bond acceptors (Lipinski definition) is 7. The molecule has 174 valence electrons. The molecule has 3 aromatic heterocycles. The number of nitrogens with one attached hydrogen (secondary N) is 3. The predicted molar refractivity (Wildman–Crippen MR) is 125 cm³/mol. The second kappa shape index (κ2) is 8.20. The molecule has 0 saturated carbocycles. The van der Waals surface area contributed by atoms with E-state index in [1.807, 2.05) is 0 Å². The number of sulfonamides is 1. The highest BCUT2D eigenvalue weighted by atomic mass is 32.2. The lowest BCUT2D eigenvalue weighted by Gasteiger charge is -2.29. The summed E-state index contributed by atoms with van der Waals surface area (Å²) in [5.74, 6) is 0.573. The van der Waals surface area contributed by atoms with Crippen LogP contribution in [0.1, 0.15) is 24.7 Å². The first-order chi connectivity index (χ1) is 15.7. The summed E-state index contributed by atoms with van der Waals surface area (Å²) in [5.41, 5.74) is 1.42. The van der Waals surface area contributed by atoms with Crippen LogP contribution in [0.15, 0.2) is 53.7 Å². The van der Waals surface area contributed by atoms with Crippen molar-refractivity contribution in [2.75, 3.05) is 19.3 Å². The smallest absolute Gasteiger partial charge is 0.269 e. The van der Waals surface area contributed by atoms with Gasteiger partial charge < -0.3 is 10.3 Å². The van der Waals surface area contributed by atoms with Gasteiger partial charge in [-0.3, -0.25) is 0 Å². The van der Waals surface area contributed by atoms with Gasteiger partial charge in [0.05, 0.1) is 28.9 Å². The number of rotatable bonds is 6. The van der Waals surface area contributed by atoms with Gasteiger partial charge in [0.2, 0.25) is 10.0 Å². The van der Waals surface area contributed by atoms with Crippen LogP contribution in [0.25, 0.3) is 22.1 Å². The van der Waals surface area contributed by atoms with Crippen LogP contribution in [0.2, 0.25) is 0 Å². The van der Waals surface area contributed by atoms with Crippen LogP contribution in [-0.4, -0.2) is 55.1 Å². The highest BCUT2D eigenvalue weighted by molar-refractivity contribution is 7.90. The average molecular weight is 489 g/mol. The maximum absolute atomic E-state index is 13.1. The van der Waals surface area contributed by atoms with Gasteiger partial charge in [-0.2, -0.15) is 0 Å². The highest BCUT2D eigenvalue weighted by Gasteiger charge is 2.30. The number of aromatic nitrogens is 4. The van der Waals surface area contributed by atoms with Gasteiger partial charge in [-0.1, -0.05) is 18.2 Å². The second-order valence-electron chi connectivity index (χ2n) is 8.26. The molecule has 1 aliphatic rings. The van der Waals surface area contributed by atoms with Crippen LogP contribution in [0.5, 0.6) is 0 Å². The molecule has 10 nitrogen and oxygen atoms in total. The Labute approximate surface area is 191 Å². The zero-order valence-electron chi connectivity index (χ0n) is 17.9. The Morgan fingerprint density at radius 3 is 2.52 bits per heavy atom. The molecule has 4 aromatic rings. The van der Waals surface area contributed by atoms with Gasteiger partial charge in [0.15, 0.2) is 5.65 Å². The number of fused-ring (bicyclic) bond motifs is 3. The molecule has 1 unspecified atom stereocenters. The summed E-state index contributed by atoms with van der Waals surface area (Å²) < 4.78 is 54.3. The number of nitrogens with zero attached hydrogens (tertiary/aromatic N) is 3. The zero-order valence-corrected chi connectivity index (χ0v) is 19.5. The number of imidazole rings is 1. The molecule has 5 rings (SSSR count). The van der Waals surface area contributed by atoms with Crippen LogP contribution in [0.3, 0.4) is 0 Å². The van der Waals surface area contributed by atoms with E-state index in [2.05, 4.69) is 20.0 Å². The summed E-state index contributed by atoms with van der Waals surface area (Å²) in [4.78, 5) is 12.5. The zero-order chi connectivity index (χ0) is 23.2. The largest absolute Gasteiger partial charge is 0.339 e. The molecule has 12 heteroatoms. The molecule has 1 saturated heterocycles. The van der Waals surface area contributed by atoms with Gasteiger partial charge >= 0.3 is 0 Å². The number of aromatic amines is 1. The fraction of sp³-hybridized carbons (Fsp3) is 0.333. The fourth-order valence-corrected chi connectivity index (χ4v) is 6.47. The molecular weight excluding hydrogens is 464 g/mol. The van der Waals surface area contributed by atoms with Gasteiger partial charge in [-0.05, 0) is 50.0 Å². The maximum Gasteiger partial charge on any atom is 0.269 e. The third-order valence-corrected chi connectivity index (χ3v) is 8.30. The molecule has 1 aliphatic heterocycles. The third kappa shape index (κ3) is 4.14. The normalized spacial score (nSPS) is 17.0. The molecule has 3 N–H and O–H groups in total. The van der Waals surface area contributed by atoms with E-state index < -0.39 is 26.1 Å². The topological polar surface area (TPSA) is 139 Å². The molecule has 0 spiro atoms. The van der Waals surface area contributed by atoms with E-state index in [9.17, 15) is 16.8 Å². The Balaban J connectivity index is 1.61. The Bertz CT molecular complexity index is 1520. The van der Waals surface area contributed by atoms with Crippen LogP contribution in [0.4, 0.5) is 0 Å². The van der Waals surface area contributed by atoms with Crippen molar-refractivity contribution in [3.63, 3.8) is 0 Å². The molecule has 1 fully saturated rings. The van der Waals surface area contributed by atoms with Crippen molar-refractivity contribution in [2.45, 2.75) is 23.8 Å². The number of piperidine rings is 1. The molecule has 33 heavy (non-hydrogen) atoms. The van der Waals surface area contributed by atoms with Crippen molar-refractivity contribution < 1.29 is 16.8 Å². The Kier molecular flexibility index (Phi) is 5.47. The first-order valence-electron chi connectivity index (χ1n) is 10.6. The Hall–Kier alpha value is -2.80. The molecule has 1 atom stereocenters. The van der Waals surface area contributed by atoms with E-state index >= 15 is 0 Å². The average Bonchev–Trinajstić information content (AvgIpc) is 3.42. The second-order valence-corrected chi connectivity index (χ2v) is 11.9. The van der Waals surface area contributed by atoms with Crippen molar-refractivity contribution in [3.05, 3.63) is 54.6 Å². The minimum atomic E-state index is -3.82. The van der Waals surface area contributed by atoms with Crippen LogP contribution >= 0.6 is 0 Å². The quantitative estimate of drug-likeness (QED) is 0.376. The molecular formula is C21H24N6O4S2. The standard InChI is InChI=1S/C21H24N6O4S2/c1-32(28,29)26-18(14-7-10-22-11-8-14)20-24-17-13-23-21-16(19(17)25-20)9-12-27(21)33(30,31)15-5-3-2-4-6-15/h2-6,9,12-14,18,22,26H,7-8,10-11H2,1H3,(H,24,25). The minimum Gasteiger partial charge on any atom is -0.339 e. The molecule has 4 heterocycles. The summed E-state index contributed by atoms with van der Waals surface area (Å²) in [6.07, 6.45) is 5.75. The number of benzene rings is 1. The van der Waals surface area contributed by atoms with Crippen molar-refractivity contribution in [1.82, 2.24) is 29.0 Å². The Morgan fingerprint density at radius 2 is 1.82 bits per heavy atom. The van der Waals surface area contributed by atoms with E-state index in [0.717, 1.165) is 36.2 Å². The van der Waals surface area contributed by atoms with Gasteiger partial charge in [-0.25, -0.2) is 35.5 Å². The van der Waals surface area contributed by atoms with E-state index in [-0.39, 0.29) is 16.5 Å². The van der Waals surface area contributed by atoms with E-state index in [1.54, 1.807) is 24.3 Å². The summed E-state index contributed by atoms with van der Waals surface area (Å²) in [6.45, 7) is 1.61. The summed E-state index contributed by atoms with van der Waals surface area (Å²) >= 11 is 0. The summed E-state index contributed by atoms with van der Waals surface area (Å²) in [5, 5.41) is 3.86. The SMILES string of the molecule is CS(=O)(=O)NC(c1nc2c(cnc3c2ccn3S(=O)(=O)c2ccccc2)[nH]1)C1CCNCC1. The molecule has 0 aliphatic carbocycles. The number of H-pyrrole nitrogens is 1. The summed E-state index contributed by atoms with van der Waals surface area (Å²) in [6, 6.07) is 9.31. The van der Waals surface area contributed by atoms with Gasteiger partial charge in [-0.15, -0.1) is 0 Å². The third-order valence-electron chi connectivity index (χ3n) is 5.94. The van der Waals surface area contributed by atoms with Crippen LogP contribution < -0.4 is 10.0 Å². The maximum atomic E-state index is 13.1. The lowest BCUT2D eigenvalue weighted by Crippen LogP contribution is -2.39. The van der Waals surface area contributed by atoms with Gasteiger partial charge in [0, 0.05) is 11.6 Å². The van der Waals surface area contributed by atoms with Crippen molar-refractivity contribution in [2.24, 2.45) is 5.92 Å². The van der Waals surface area contributed by atoms with Crippen molar-refractivity contribution >= 4 is 42.1 Å².